The van der Waals surface area contributed by atoms with Gasteiger partial charge in [0, 0.05) is 18.3 Å². The van der Waals surface area contributed by atoms with Gasteiger partial charge in [0.1, 0.15) is 0 Å². The molecule has 1 heterocycles. The zero-order valence-electron chi connectivity index (χ0n) is 13.1. The highest BCUT2D eigenvalue weighted by atomic mass is 35.5. The van der Waals surface area contributed by atoms with Crippen molar-refractivity contribution in [2.75, 3.05) is 12.3 Å². The number of pyridine rings is 1. The Morgan fingerprint density at radius 3 is 2.30 bits per heavy atom. The molecule has 1 N–H and O–H groups in total. The lowest BCUT2D eigenvalue weighted by molar-refractivity contribution is -0.137. The molecule has 0 aliphatic rings. The summed E-state index contributed by atoms with van der Waals surface area (Å²) in [5.41, 5.74) is -1.01. The maximum Gasteiger partial charge on any atom is 0.417 e. The molecule has 1 amide bonds. The second-order valence-electron chi connectivity index (χ2n) is 5.21. The third-order valence-corrected chi connectivity index (χ3v) is 6.06. The van der Waals surface area contributed by atoms with Crippen LogP contribution in [-0.2, 0) is 16.0 Å². The van der Waals surface area contributed by atoms with Crippen molar-refractivity contribution in [3.8, 4) is 0 Å². The Morgan fingerprint density at radius 2 is 1.74 bits per heavy atom. The zero-order valence-corrected chi connectivity index (χ0v) is 16.2. The molecule has 0 bridgehead atoms. The molecule has 2 aromatic rings. The van der Waals surface area contributed by atoms with Gasteiger partial charge in [-0.2, -0.15) is 13.2 Å². The Bertz CT molecular complexity index is 982. The summed E-state index contributed by atoms with van der Waals surface area (Å²) in [6, 6.07) is 4.59. The van der Waals surface area contributed by atoms with Crippen molar-refractivity contribution in [1.29, 1.82) is 0 Å². The molecule has 146 valence electrons. The van der Waals surface area contributed by atoms with Crippen LogP contribution in [0.5, 0.6) is 0 Å². The van der Waals surface area contributed by atoms with E-state index in [0.29, 0.717) is 12.3 Å². The summed E-state index contributed by atoms with van der Waals surface area (Å²) in [6.45, 7) is -0.319. The number of halogens is 6. The molecular formula is C15H10Cl3F3N2O3S. The predicted molar refractivity (Wildman–Crippen MR) is 95.1 cm³/mol. The van der Waals surface area contributed by atoms with Gasteiger partial charge in [0.2, 0.25) is 0 Å². The minimum atomic E-state index is -4.70. The van der Waals surface area contributed by atoms with Gasteiger partial charge < -0.3 is 5.32 Å². The van der Waals surface area contributed by atoms with Gasteiger partial charge in [0.25, 0.3) is 5.91 Å². The van der Waals surface area contributed by atoms with E-state index in [2.05, 4.69) is 10.3 Å². The van der Waals surface area contributed by atoms with Crippen LogP contribution in [0.4, 0.5) is 13.2 Å². The second-order valence-corrected chi connectivity index (χ2v) is 8.46. The number of carbonyl (C=O) groups is 1. The van der Waals surface area contributed by atoms with Crippen LogP contribution in [0.3, 0.4) is 0 Å². The largest absolute Gasteiger partial charge is 0.417 e. The lowest BCUT2D eigenvalue weighted by Crippen LogP contribution is -2.29. The summed E-state index contributed by atoms with van der Waals surface area (Å²) in [4.78, 5) is 15.3. The first-order chi connectivity index (χ1) is 12.4. The lowest BCUT2D eigenvalue weighted by Gasteiger charge is -2.10. The molecule has 0 unspecified atom stereocenters. The van der Waals surface area contributed by atoms with E-state index in [1.807, 2.05) is 0 Å². The van der Waals surface area contributed by atoms with Crippen molar-refractivity contribution in [3.05, 3.63) is 56.7 Å². The third kappa shape index (κ3) is 5.47. The number of hydrogen-bond donors (Lipinski definition) is 1. The Balaban J connectivity index is 2.06. The van der Waals surface area contributed by atoms with E-state index >= 15 is 0 Å². The van der Waals surface area contributed by atoms with Crippen molar-refractivity contribution in [2.24, 2.45) is 0 Å². The molecule has 12 heteroatoms. The SMILES string of the molecule is O=C(NCCS(=O)(=O)c1ncc(C(F)(F)F)cc1Cl)c1ccc(Cl)c(Cl)c1. The summed E-state index contributed by atoms with van der Waals surface area (Å²) in [5, 5.41) is 1.41. The van der Waals surface area contributed by atoms with Gasteiger partial charge in [-0.3, -0.25) is 4.79 Å². The molecule has 1 aromatic carbocycles. The number of hydrogen-bond acceptors (Lipinski definition) is 4. The highest BCUT2D eigenvalue weighted by Crippen LogP contribution is 2.32. The number of carbonyl (C=O) groups excluding carboxylic acids is 1. The number of nitrogens with zero attached hydrogens (tertiary/aromatic N) is 1. The van der Waals surface area contributed by atoms with Gasteiger partial charge in [0.15, 0.2) is 14.9 Å². The van der Waals surface area contributed by atoms with Gasteiger partial charge >= 0.3 is 6.18 Å². The maximum atomic E-state index is 12.6. The number of rotatable bonds is 5. The summed E-state index contributed by atoms with van der Waals surface area (Å²) in [6.07, 6.45) is -4.32. The van der Waals surface area contributed by atoms with Crippen molar-refractivity contribution in [3.63, 3.8) is 0 Å². The molecule has 0 aliphatic heterocycles. The van der Waals surface area contributed by atoms with E-state index in [9.17, 15) is 26.4 Å². The Labute approximate surface area is 167 Å². The van der Waals surface area contributed by atoms with Crippen LogP contribution in [-0.4, -0.2) is 31.6 Å². The molecule has 0 saturated carbocycles. The standard InChI is InChI=1S/C15H10Cl3F3N2O3S/c16-10-2-1-8(5-11(10)17)13(24)22-3-4-27(25,26)14-12(18)6-9(7-23-14)15(19,20)21/h1-2,5-7H,3-4H2,(H,22,24). The van der Waals surface area contributed by atoms with Gasteiger partial charge in [-0.15, -0.1) is 0 Å². The molecule has 0 saturated heterocycles. The summed E-state index contributed by atoms with van der Waals surface area (Å²) in [7, 11) is -4.12. The van der Waals surface area contributed by atoms with Crippen LogP contribution in [0.1, 0.15) is 15.9 Å². The van der Waals surface area contributed by atoms with E-state index in [1.54, 1.807) is 0 Å². The average molecular weight is 462 g/mol. The first kappa shape index (κ1) is 21.7. The fraction of sp³-hybridized carbons (Fsp3) is 0.200. The average Bonchev–Trinajstić information content (AvgIpc) is 2.55. The minimum absolute atomic E-state index is 0.151. The van der Waals surface area contributed by atoms with Gasteiger partial charge in [-0.05, 0) is 24.3 Å². The maximum absolute atomic E-state index is 12.6. The minimum Gasteiger partial charge on any atom is -0.351 e. The molecule has 1 aromatic heterocycles. The van der Waals surface area contributed by atoms with Gasteiger partial charge in [0.05, 0.1) is 26.4 Å². The van der Waals surface area contributed by atoms with Crippen molar-refractivity contribution in [1.82, 2.24) is 10.3 Å². The Morgan fingerprint density at radius 1 is 1.07 bits per heavy atom. The number of amides is 1. The topological polar surface area (TPSA) is 76.1 Å². The fourth-order valence-electron chi connectivity index (χ4n) is 1.94. The molecule has 0 atom stereocenters. The number of alkyl halides is 3. The van der Waals surface area contributed by atoms with Gasteiger partial charge in [-0.25, -0.2) is 13.4 Å². The summed E-state index contributed by atoms with van der Waals surface area (Å²) >= 11 is 17.2. The molecule has 0 spiro atoms. The molecule has 0 radical (unpaired) electrons. The Kier molecular flexibility index (Phi) is 6.62. The van der Waals surface area contributed by atoms with Crippen LogP contribution in [0, 0.1) is 0 Å². The van der Waals surface area contributed by atoms with Crippen LogP contribution < -0.4 is 5.32 Å². The van der Waals surface area contributed by atoms with E-state index in [-0.39, 0.29) is 22.2 Å². The first-order valence-electron chi connectivity index (χ1n) is 7.10. The van der Waals surface area contributed by atoms with Crippen LogP contribution >= 0.6 is 34.8 Å². The zero-order chi connectivity index (χ0) is 20.4. The molecule has 5 nitrogen and oxygen atoms in total. The number of sulfone groups is 1. The quantitative estimate of drug-likeness (QED) is 0.722. The Hall–Kier alpha value is -1.55. The number of aromatic nitrogens is 1. The highest BCUT2D eigenvalue weighted by Gasteiger charge is 2.33. The van der Waals surface area contributed by atoms with Crippen LogP contribution in [0.2, 0.25) is 15.1 Å². The number of benzene rings is 1. The van der Waals surface area contributed by atoms with E-state index < -0.39 is 43.3 Å². The second kappa shape index (κ2) is 8.22. The summed E-state index contributed by atoms with van der Waals surface area (Å²) < 4.78 is 62.2. The number of nitrogens with one attached hydrogen (secondary N) is 1. The van der Waals surface area contributed by atoms with Gasteiger partial charge in [-0.1, -0.05) is 34.8 Å². The lowest BCUT2D eigenvalue weighted by atomic mass is 10.2. The van der Waals surface area contributed by atoms with Crippen molar-refractivity contribution >= 4 is 50.5 Å². The predicted octanol–water partition coefficient (Wildman–Crippen LogP) is 4.26. The molecule has 0 fully saturated rings. The fourth-order valence-corrected chi connectivity index (χ4v) is 3.89. The highest BCUT2D eigenvalue weighted by molar-refractivity contribution is 7.91. The molecule has 2 rings (SSSR count). The molecular weight excluding hydrogens is 452 g/mol. The monoisotopic (exact) mass is 460 g/mol. The van der Waals surface area contributed by atoms with Crippen molar-refractivity contribution in [2.45, 2.75) is 11.2 Å². The molecule has 27 heavy (non-hydrogen) atoms. The van der Waals surface area contributed by atoms with Crippen LogP contribution in [0.25, 0.3) is 0 Å². The third-order valence-electron chi connectivity index (χ3n) is 3.27. The summed E-state index contributed by atoms with van der Waals surface area (Å²) in [5.74, 6) is -1.21. The van der Waals surface area contributed by atoms with Crippen molar-refractivity contribution < 1.29 is 26.4 Å². The van der Waals surface area contributed by atoms with E-state index in [1.165, 1.54) is 18.2 Å². The smallest absolute Gasteiger partial charge is 0.351 e. The normalized spacial score (nSPS) is 12.1. The molecule has 0 aliphatic carbocycles. The van der Waals surface area contributed by atoms with E-state index in [0.717, 1.165) is 0 Å². The van der Waals surface area contributed by atoms with Crippen LogP contribution in [0.15, 0.2) is 35.5 Å². The van der Waals surface area contributed by atoms with E-state index in [4.69, 9.17) is 34.8 Å². The first-order valence-corrected chi connectivity index (χ1v) is 9.89.